The average Bonchev–Trinajstić information content (AvgIpc) is 2.91. The van der Waals surface area contributed by atoms with Gasteiger partial charge in [-0.1, -0.05) is 34.9 Å². The summed E-state index contributed by atoms with van der Waals surface area (Å²) in [6, 6.07) is 2.23. The quantitative estimate of drug-likeness (QED) is 0.427. The molecule has 1 aromatic rings. The highest BCUT2D eigenvalue weighted by atomic mass is 32.1. The second-order valence-electron chi connectivity index (χ2n) is 6.13. The van der Waals surface area contributed by atoms with E-state index in [0.717, 1.165) is 0 Å². The molecule has 0 radical (unpaired) electrons. The van der Waals surface area contributed by atoms with Crippen LogP contribution >= 0.6 is 11.3 Å². The first-order valence-corrected chi connectivity index (χ1v) is 8.98. The van der Waals surface area contributed by atoms with Gasteiger partial charge >= 0.3 is 0 Å². The zero-order valence-corrected chi connectivity index (χ0v) is 14.9. The van der Waals surface area contributed by atoms with Gasteiger partial charge in [-0.15, -0.1) is 0 Å². The summed E-state index contributed by atoms with van der Waals surface area (Å²) >= 11 is 1.79. The Morgan fingerprint density at radius 2 is 1.52 bits per heavy atom. The number of rotatable bonds is 9. The zero-order valence-electron chi connectivity index (χ0n) is 14.1. The van der Waals surface area contributed by atoms with Crippen molar-refractivity contribution in [3.8, 4) is 0 Å². The van der Waals surface area contributed by atoms with E-state index in [1.54, 1.807) is 11.3 Å². The summed E-state index contributed by atoms with van der Waals surface area (Å²) in [5.74, 6) is 0. The Morgan fingerprint density at radius 1 is 0.905 bits per heavy atom. The summed E-state index contributed by atoms with van der Waals surface area (Å²) < 4.78 is 0. The molecule has 0 fully saturated rings. The minimum Gasteiger partial charge on any atom is -0.152 e. The molecule has 0 aliphatic heterocycles. The van der Waals surface area contributed by atoms with Gasteiger partial charge in [-0.3, -0.25) is 0 Å². The third kappa shape index (κ3) is 9.47. The van der Waals surface area contributed by atoms with Crippen LogP contribution in [0.25, 0.3) is 0 Å². The fourth-order valence-corrected chi connectivity index (χ4v) is 2.96. The van der Waals surface area contributed by atoms with Crippen LogP contribution in [-0.2, 0) is 6.42 Å². The van der Waals surface area contributed by atoms with E-state index >= 15 is 0 Å². The maximum atomic E-state index is 2.41. The lowest BCUT2D eigenvalue weighted by Crippen LogP contribution is -1.83. The third-order valence-corrected chi connectivity index (χ3v) is 4.36. The lowest BCUT2D eigenvalue weighted by atomic mass is 10.1. The molecule has 1 heterocycles. The summed E-state index contributed by atoms with van der Waals surface area (Å²) in [4.78, 5) is 0. The van der Waals surface area contributed by atoms with Crippen molar-refractivity contribution in [3.63, 3.8) is 0 Å². The maximum Gasteiger partial charge on any atom is -0.00611 e. The highest BCUT2D eigenvalue weighted by molar-refractivity contribution is 7.07. The molecular formula is C20H30S. The zero-order chi connectivity index (χ0) is 15.5. The van der Waals surface area contributed by atoms with Crippen LogP contribution < -0.4 is 0 Å². The topological polar surface area (TPSA) is 0 Å². The molecule has 0 saturated heterocycles. The van der Waals surface area contributed by atoms with E-state index in [2.05, 4.69) is 62.7 Å². The number of hydrogen-bond acceptors (Lipinski definition) is 1. The first-order chi connectivity index (χ1) is 10.1. The van der Waals surface area contributed by atoms with Crippen molar-refractivity contribution in [1.82, 2.24) is 0 Å². The van der Waals surface area contributed by atoms with Crippen molar-refractivity contribution in [3.05, 3.63) is 57.3 Å². The molecule has 0 nitrogen and oxygen atoms in total. The van der Waals surface area contributed by atoms with Crippen molar-refractivity contribution in [2.24, 2.45) is 0 Å². The summed E-state index contributed by atoms with van der Waals surface area (Å²) in [6.45, 7) is 8.86. The van der Waals surface area contributed by atoms with Crippen molar-refractivity contribution in [2.75, 3.05) is 0 Å². The van der Waals surface area contributed by atoms with Crippen LogP contribution in [0.4, 0.5) is 0 Å². The molecule has 0 bridgehead atoms. The van der Waals surface area contributed by atoms with Gasteiger partial charge in [0.1, 0.15) is 0 Å². The number of hydrogen-bond donors (Lipinski definition) is 0. The van der Waals surface area contributed by atoms with Crippen LogP contribution in [0.5, 0.6) is 0 Å². The number of allylic oxidation sites excluding steroid dienone is 6. The number of thiophene rings is 1. The Morgan fingerprint density at radius 3 is 2.10 bits per heavy atom. The van der Waals surface area contributed by atoms with E-state index in [4.69, 9.17) is 0 Å². The molecule has 0 N–H and O–H groups in total. The van der Waals surface area contributed by atoms with Crippen molar-refractivity contribution in [2.45, 2.75) is 66.2 Å². The molecule has 0 aliphatic rings. The molecule has 0 aromatic carbocycles. The van der Waals surface area contributed by atoms with Crippen molar-refractivity contribution < 1.29 is 0 Å². The molecule has 21 heavy (non-hydrogen) atoms. The van der Waals surface area contributed by atoms with Crippen LogP contribution in [0.3, 0.4) is 0 Å². The van der Waals surface area contributed by atoms with Crippen LogP contribution in [0.15, 0.2) is 51.8 Å². The lowest BCUT2D eigenvalue weighted by Gasteiger charge is -2.01. The molecule has 0 atom stereocenters. The Hall–Kier alpha value is -1.08. The Bertz CT molecular complexity index is 468. The minimum absolute atomic E-state index is 1.17. The predicted octanol–water partition coefficient (Wildman–Crippen LogP) is 7.10. The summed E-state index contributed by atoms with van der Waals surface area (Å²) in [5, 5.41) is 4.41. The Balaban J connectivity index is 2.19. The van der Waals surface area contributed by atoms with E-state index in [1.165, 1.54) is 60.8 Å². The molecule has 0 saturated carbocycles. The van der Waals surface area contributed by atoms with Gasteiger partial charge in [0.15, 0.2) is 0 Å². The summed E-state index contributed by atoms with van der Waals surface area (Å²) in [7, 11) is 0. The highest BCUT2D eigenvalue weighted by Gasteiger charge is 1.94. The monoisotopic (exact) mass is 302 g/mol. The van der Waals surface area contributed by atoms with E-state index in [0.29, 0.717) is 0 Å². The standard InChI is InChI=1S/C20H30S/c1-17(2)8-5-9-18(3)10-6-11-19(4)12-7-13-20-14-15-21-16-20/h8,10,12,14-16H,5-7,9,11,13H2,1-4H3/b18-10+,19-12+. The van der Waals surface area contributed by atoms with Gasteiger partial charge in [0.05, 0.1) is 0 Å². The molecule has 0 unspecified atom stereocenters. The molecule has 0 spiro atoms. The van der Waals surface area contributed by atoms with Crippen LogP contribution in [0.1, 0.15) is 65.4 Å². The molecule has 0 amide bonds. The van der Waals surface area contributed by atoms with Crippen LogP contribution in [0, 0.1) is 0 Å². The normalized spacial score (nSPS) is 12.6. The molecule has 0 aliphatic carbocycles. The van der Waals surface area contributed by atoms with Crippen LogP contribution in [0.2, 0.25) is 0 Å². The Kier molecular flexibility index (Phi) is 9.09. The van der Waals surface area contributed by atoms with Crippen LogP contribution in [-0.4, -0.2) is 0 Å². The van der Waals surface area contributed by atoms with E-state index in [-0.39, 0.29) is 0 Å². The second-order valence-corrected chi connectivity index (χ2v) is 6.91. The van der Waals surface area contributed by atoms with E-state index in [9.17, 15) is 0 Å². The third-order valence-electron chi connectivity index (χ3n) is 3.63. The molecule has 1 rings (SSSR count). The van der Waals surface area contributed by atoms with E-state index < -0.39 is 0 Å². The lowest BCUT2D eigenvalue weighted by molar-refractivity contribution is 0.904. The summed E-state index contributed by atoms with van der Waals surface area (Å²) in [5.41, 5.74) is 5.95. The maximum absolute atomic E-state index is 2.41. The van der Waals surface area contributed by atoms with Gasteiger partial charge < -0.3 is 0 Å². The van der Waals surface area contributed by atoms with Gasteiger partial charge in [-0.2, -0.15) is 11.3 Å². The van der Waals surface area contributed by atoms with E-state index in [1.807, 2.05) is 0 Å². The van der Waals surface area contributed by atoms with Gasteiger partial charge in [0, 0.05) is 0 Å². The number of aryl methyl sites for hydroxylation is 1. The Labute approximate surface area is 135 Å². The van der Waals surface area contributed by atoms with Gasteiger partial charge in [0.2, 0.25) is 0 Å². The minimum atomic E-state index is 1.17. The molecule has 1 heteroatoms. The predicted molar refractivity (Wildman–Crippen MR) is 98.1 cm³/mol. The van der Waals surface area contributed by atoms with Gasteiger partial charge in [0.25, 0.3) is 0 Å². The molecule has 1 aromatic heterocycles. The fourth-order valence-electron chi connectivity index (χ4n) is 2.26. The average molecular weight is 303 g/mol. The van der Waals surface area contributed by atoms with Crippen molar-refractivity contribution >= 4 is 11.3 Å². The van der Waals surface area contributed by atoms with Crippen molar-refractivity contribution in [1.29, 1.82) is 0 Å². The molecular weight excluding hydrogens is 272 g/mol. The molecule has 116 valence electrons. The summed E-state index contributed by atoms with van der Waals surface area (Å²) in [6.07, 6.45) is 14.3. The van der Waals surface area contributed by atoms with Gasteiger partial charge in [-0.05, 0) is 88.6 Å². The second kappa shape index (κ2) is 10.6. The first kappa shape index (κ1) is 18.0. The SMILES string of the molecule is CC(C)=CCC/C(C)=C/CC/C(C)=C/CCc1ccsc1. The van der Waals surface area contributed by atoms with Gasteiger partial charge in [-0.25, -0.2) is 0 Å². The smallest absolute Gasteiger partial charge is 0.00611 e. The largest absolute Gasteiger partial charge is 0.152 e. The first-order valence-electron chi connectivity index (χ1n) is 8.03. The highest BCUT2D eigenvalue weighted by Crippen LogP contribution is 2.13. The fraction of sp³-hybridized carbons (Fsp3) is 0.500.